The van der Waals surface area contributed by atoms with Crippen LogP contribution in [-0.4, -0.2) is 30.5 Å². The molecule has 0 atom stereocenters. The van der Waals surface area contributed by atoms with Gasteiger partial charge in [-0.1, -0.05) is 13.8 Å². The smallest absolute Gasteiger partial charge is 0.258 e. The highest BCUT2D eigenvalue weighted by atomic mass is 16.7. The molecule has 33 heavy (non-hydrogen) atoms. The van der Waals surface area contributed by atoms with E-state index in [0.29, 0.717) is 64.8 Å². The summed E-state index contributed by atoms with van der Waals surface area (Å²) in [5.41, 5.74) is 0.754. The van der Waals surface area contributed by atoms with E-state index in [2.05, 4.69) is 5.32 Å². The van der Waals surface area contributed by atoms with Crippen LogP contribution in [0.3, 0.4) is 0 Å². The van der Waals surface area contributed by atoms with Crippen LogP contribution in [-0.2, 0) is 6.54 Å². The molecule has 0 spiro atoms. The normalized spacial score (nSPS) is 12.3. The molecule has 3 aromatic rings. The van der Waals surface area contributed by atoms with Gasteiger partial charge >= 0.3 is 0 Å². The molecule has 0 aliphatic carbocycles. The van der Waals surface area contributed by atoms with E-state index >= 15 is 0 Å². The molecule has 1 N–H and O–H groups in total. The molecule has 2 aromatic carbocycles. The van der Waals surface area contributed by atoms with Crippen molar-refractivity contribution in [3.05, 3.63) is 52.4 Å². The van der Waals surface area contributed by atoms with Crippen molar-refractivity contribution < 1.29 is 23.7 Å². The number of anilines is 1. The van der Waals surface area contributed by atoms with Crippen molar-refractivity contribution >= 4 is 22.4 Å². The van der Waals surface area contributed by atoms with Gasteiger partial charge in [0.15, 0.2) is 23.0 Å². The molecule has 8 nitrogen and oxygen atoms in total. The molecule has 0 saturated heterocycles. The number of aromatic nitrogens is 1. The zero-order valence-electron chi connectivity index (χ0n) is 19.3. The van der Waals surface area contributed by atoms with E-state index in [9.17, 15) is 9.59 Å². The average molecular weight is 453 g/mol. The first-order valence-electron chi connectivity index (χ1n) is 11.1. The van der Waals surface area contributed by atoms with E-state index < -0.39 is 0 Å². The number of ether oxygens (including phenoxy) is 4. The zero-order valence-corrected chi connectivity index (χ0v) is 19.3. The number of rotatable bonds is 8. The van der Waals surface area contributed by atoms with Gasteiger partial charge in [0.05, 0.1) is 24.2 Å². The highest BCUT2D eigenvalue weighted by Gasteiger charge is 2.20. The van der Waals surface area contributed by atoms with Gasteiger partial charge in [-0.25, -0.2) is 0 Å². The molecule has 0 fully saturated rings. The summed E-state index contributed by atoms with van der Waals surface area (Å²) in [7, 11) is 0. The number of amides is 1. The Balaban J connectivity index is 1.83. The van der Waals surface area contributed by atoms with Gasteiger partial charge in [0.1, 0.15) is 0 Å². The second-order valence-corrected chi connectivity index (χ2v) is 8.13. The fourth-order valence-corrected chi connectivity index (χ4v) is 3.82. The van der Waals surface area contributed by atoms with Crippen molar-refractivity contribution in [1.82, 2.24) is 4.57 Å². The lowest BCUT2D eigenvalue weighted by Crippen LogP contribution is -2.25. The van der Waals surface area contributed by atoms with Gasteiger partial charge in [0.25, 0.3) is 11.5 Å². The van der Waals surface area contributed by atoms with Crippen molar-refractivity contribution in [3.63, 3.8) is 0 Å². The van der Waals surface area contributed by atoms with Crippen LogP contribution in [0.25, 0.3) is 10.8 Å². The number of hydrogen-bond donors (Lipinski definition) is 1. The Morgan fingerprint density at radius 1 is 1.03 bits per heavy atom. The number of nitrogens with zero attached hydrogens (tertiary/aromatic N) is 1. The zero-order chi connectivity index (χ0) is 23.5. The van der Waals surface area contributed by atoms with Crippen molar-refractivity contribution in [3.8, 4) is 23.0 Å². The third-order valence-electron chi connectivity index (χ3n) is 5.19. The molecule has 0 bridgehead atoms. The van der Waals surface area contributed by atoms with Gasteiger partial charge in [0.2, 0.25) is 6.79 Å². The second kappa shape index (κ2) is 9.44. The number of nitrogens with one attached hydrogen (secondary N) is 1. The molecule has 0 saturated carbocycles. The Bertz CT molecular complexity index is 1250. The van der Waals surface area contributed by atoms with Crippen LogP contribution in [0.15, 0.2) is 41.3 Å². The third kappa shape index (κ3) is 4.60. The maximum atomic E-state index is 13.4. The van der Waals surface area contributed by atoms with Crippen molar-refractivity contribution in [1.29, 1.82) is 0 Å². The number of benzene rings is 2. The quantitative estimate of drug-likeness (QED) is 0.544. The SMILES string of the molecule is CCOc1cc2c(C(=O)Nc3ccc4c(c3)OCO4)cn(CC(C)C)c(=O)c2cc1OCC. The molecule has 0 radical (unpaired) electrons. The predicted molar refractivity (Wildman–Crippen MR) is 126 cm³/mol. The fourth-order valence-electron chi connectivity index (χ4n) is 3.82. The number of pyridine rings is 1. The van der Waals surface area contributed by atoms with Gasteiger partial charge < -0.3 is 28.8 Å². The molecule has 1 aromatic heterocycles. The van der Waals surface area contributed by atoms with E-state index in [1.165, 1.54) is 0 Å². The first-order chi connectivity index (χ1) is 15.9. The lowest BCUT2D eigenvalue weighted by atomic mass is 10.0. The second-order valence-electron chi connectivity index (χ2n) is 8.13. The summed E-state index contributed by atoms with van der Waals surface area (Å²) in [6.07, 6.45) is 1.61. The minimum absolute atomic E-state index is 0.153. The predicted octanol–water partition coefficient (Wildman–Crippen LogP) is 4.44. The van der Waals surface area contributed by atoms with Crippen LogP contribution in [0.2, 0.25) is 0 Å². The van der Waals surface area contributed by atoms with Crippen molar-refractivity contribution in [2.24, 2.45) is 5.92 Å². The first-order valence-corrected chi connectivity index (χ1v) is 11.1. The van der Waals surface area contributed by atoms with Crippen LogP contribution in [0, 0.1) is 5.92 Å². The highest BCUT2D eigenvalue weighted by molar-refractivity contribution is 6.13. The molecule has 174 valence electrons. The summed E-state index contributed by atoms with van der Waals surface area (Å²) in [6.45, 7) is 9.26. The van der Waals surface area contributed by atoms with Crippen LogP contribution in [0.4, 0.5) is 5.69 Å². The maximum Gasteiger partial charge on any atom is 0.258 e. The van der Waals surface area contributed by atoms with E-state index in [1.54, 1.807) is 41.1 Å². The number of carbonyl (C=O) groups excluding carboxylic acids is 1. The fraction of sp³-hybridized carbons (Fsp3) is 0.360. The molecular formula is C25H28N2O6. The molecule has 4 rings (SSSR count). The Kier molecular flexibility index (Phi) is 6.44. The van der Waals surface area contributed by atoms with Gasteiger partial charge in [-0.2, -0.15) is 0 Å². The lowest BCUT2D eigenvalue weighted by molar-refractivity contribution is 0.102. The summed E-state index contributed by atoms with van der Waals surface area (Å²) in [4.78, 5) is 26.6. The Morgan fingerprint density at radius 3 is 2.36 bits per heavy atom. The van der Waals surface area contributed by atoms with E-state index in [1.807, 2.05) is 27.7 Å². The van der Waals surface area contributed by atoms with Gasteiger partial charge in [-0.05, 0) is 44.0 Å². The van der Waals surface area contributed by atoms with Crippen molar-refractivity contribution in [2.45, 2.75) is 34.2 Å². The standard InChI is InChI=1S/C25H28N2O6/c1-5-30-22-10-17-18(11-23(22)31-6-2)25(29)27(12-15(3)4)13-19(17)24(28)26-16-7-8-20-21(9-16)33-14-32-20/h7-11,13,15H,5-6,12,14H2,1-4H3,(H,26,28). The van der Waals surface area contributed by atoms with Crippen molar-refractivity contribution in [2.75, 3.05) is 25.3 Å². The highest BCUT2D eigenvalue weighted by Crippen LogP contribution is 2.35. The number of hydrogen-bond acceptors (Lipinski definition) is 6. The third-order valence-corrected chi connectivity index (χ3v) is 5.19. The molecule has 1 aliphatic heterocycles. The first kappa shape index (κ1) is 22.5. The van der Waals surface area contributed by atoms with E-state index in [4.69, 9.17) is 18.9 Å². The van der Waals surface area contributed by atoms with Gasteiger partial charge in [-0.15, -0.1) is 0 Å². The minimum Gasteiger partial charge on any atom is -0.490 e. The van der Waals surface area contributed by atoms with Crippen LogP contribution < -0.4 is 29.8 Å². The minimum atomic E-state index is -0.344. The van der Waals surface area contributed by atoms with E-state index in [0.717, 1.165) is 0 Å². The van der Waals surface area contributed by atoms with Gasteiger partial charge in [-0.3, -0.25) is 9.59 Å². The molecule has 1 aliphatic rings. The van der Waals surface area contributed by atoms with Crippen LogP contribution in [0.1, 0.15) is 38.1 Å². The summed E-state index contributed by atoms with van der Waals surface area (Å²) in [5.74, 6) is 2.05. The monoisotopic (exact) mass is 452 g/mol. The van der Waals surface area contributed by atoms with Gasteiger partial charge in [0, 0.05) is 29.9 Å². The lowest BCUT2D eigenvalue weighted by Gasteiger charge is -2.17. The van der Waals surface area contributed by atoms with Crippen LogP contribution in [0.5, 0.6) is 23.0 Å². The summed E-state index contributed by atoms with van der Waals surface area (Å²) in [6, 6.07) is 8.58. The summed E-state index contributed by atoms with van der Waals surface area (Å²) >= 11 is 0. The Labute approximate surface area is 192 Å². The summed E-state index contributed by atoms with van der Waals surface area (Å²) in [5, 5.41) is 3.82. The van der Waals surface area contributed by atoms with E-state index in [-0.39, 0.29) is 24.2 Å². The topological polar surface area (TPSA) is 88.0 Å². The molecule has 2 heterocycles. The average Bonchev–Trinajstić information content (AvgIpc) is 3.24. The largest absolute Gasteiger partial charge is 0.490 e. The number of fused-ring (bicyclic) bond motifs is 2. The summed E-state index contributed by atoms with van der Waals surface area (Å²) < 4.78 is 23.8. The Hall–Kier alpha value is -3.68. The Morgan fingerprint density at radius 2 is 1.70 bits per heavy atom. The molecular weight excluding hydrogens is 424 g/mol. The van der Waals surface area contributed by atoms with Crippen LogP contribution >= 0.6 is 0 Å². The molecule has 8 heteroatoms. The molecule has 0 unspecified atom stereocenters. The maximum absolute atomic E-state index is 13.4. The molecule has 1 amide bonds. The number of carbonyl (C=O) groups is 1.